The Hall–Kier alpha value is -2.49. The number of hydrogen-bond donors (Lipinski definition) is 3. The number of nitrogens with one attached hydrogen (secondary N) is 3. The average Bonchev–Trinajstić information content (AvgIpc) is 3.01. The molecular formula is C33H47ClN6O2. The highest BCUT2D eigenvalue weighted by molar-refractivity contribution is 6.30. The van der Waals surface area contributed by atoms with Gasteiger partial charge in [0.1, 0.15) is 6.04 Å². The molecule has 0 aromatic heterocycles. The molecule has 228 valence electrons. The van der Waals surface area contributed by atoms with E-state index >= 15 is 0 Å². The molecule has 0 spiro atoms. The molecule has 0 bridgehead atoms. The first-order valence-electron chi connectivity index (χ1n) is 15.7. The molecule has 3 heterocycles. The van der Waals surface area contributed by atoms with Crippen molar-refractivity contribution in [1.82, 2.24) is 30.9 Å². The Morgan fingerprint density at radius 3 is 2.43 bits per heavy atom. The fourth-order valence-corrected chi connectivity index (χ4v) is 6.78. The number of likely N-dealkylation sites (tertiary alicyclic amines) is 1. The van der Waals surface area contributed by atoms with Gasteiger partial charge in [-0.2, -0.15) is 0 Å². The van der Waals surface area contributed by atoms with Gasteiger partial charge in [-0.1, -0.05) is 61.8 Å². The summed E-state index contributed by atoms with van der Waals surface area (Å²) in [6.07, 6.45) is 3.58. The number of hydrogen-bond acceptors (Lipinski definition) is 6. The molecule has 2 fully saturated rings. The van der Waals surface area contributed by atoms with Crippen LogP contribution in [0.3, 0.4) is 0 Å². The third kappa shape index (κ3) is 8.11. The van der Waals surface area contributed by atoms with Gasteiger partial charge in [-0.3, -0.25) is 9.59 Å². The van der Waals surface area contributed by atoms with Gasteiger partial charge in [0.2, 0.25) is 11.8 Å². The van der Waals surface area contributed by atoms with E-state index in [9.17, 15) is 9.59 Å². The largest absolute Gasteiger partial charge is 0.344 e. The minimum atomic E-state index is -0.617. The van der Waals surface area contributed by atoms with Crippen LogP contribution in [0, 0.1) is 5.92 Å². The zero-order valence-corrected chi connectivity index (χ0v) is 25.9. The van der Waals surface area contributed by atoms with Crippen LogP contribution in [-0.4, -0.2) is 91.2 Å². The van der Waals surface area contributed by atoms with Crippen LogP contribution in [0.2, 0.25) is 5.02 Å². The number of piperazine rings is 1. The van der Waals surface area contributed by atoms with Gasteiger partial charge < -0.3 is 20.9 Å². The van der Waals surface area contributed by atoms with Crippen molar-refractivity contribution in [3.05, 3.63) is 70.2 Å². The van der Waals surface area contributed by atoms with E-state index in [-0.39, 0.29) is 17.9 Å². The highest BCUT2D eigenvalue weighted by Gasteiger charge is 2.34. The predicted octanol–water partition coefficient (Wildman–Crippen LogP) is 3.41. The van der Waals surface area contributed by atoms with Gasteiger partial charge in [-0.15, -0.1) is 0 Å². The second kappa shape index (κ2) is 14.8. The van der Waals surface area contributed by atoms with Gasteiger partial charge in [0.05, 0.1) is 0 Å². The first-order chi connectivity index (χ1) is 20.4. The number of benzene rings is 2. The number of fused-ring (bicyclic) bond motifs is 1. The van der Waals surface area contributed by atoms with Gasteiger partial charge in [-0.25, -0.2) is 10.0 Å². The van der Waals surface area contributed by atoms with Crippen molar-refractivity contribution in [1.29, 1.82) is 0 Å². The van der Waals surface area contributed by atoms with E-state index < -0.39 is 6.04 Å². The molecular weight excluding hydrogens is 548 g/mol. The zero-order chi connectivity index (χ0) is 29.5. The fraction of sp³-hybridized carbons (Fsp3) is 0.576. The van der Waals surface area contributed by atoms with Crippen LogP contribution >= 0.6 is 11.6 Å². The first-order valence-corrected chi connectivity index (χ1v) is 16.1. The van der Waals surface area contributed by atoms with E-state index in [2.05, 4.69) is 58.0 Å². The summed E-state index contributed by atoms with van der Waals surface area (Å²) in [7, 11) is 0. The lowest BCUT2D eigenvalue weighted by Crippen LogP contribution is -2.59. The summed E-state index contributed by atoms with van der Waals surface area (Å²) in [5.74, 6) is 0.476. The lowest BCUT2D eigenvalue weighted by molar-refractivity contribution is -0.140. The van der Waals surface area contributed by atoms with E-state index in [1.54, 1.807) is 0 Å². The maximum atomic E-state index is 14.0. The Bertz CT molecular complexity index is 1180. The lowest BCUT2D eigenvalue weighted by Gasteiger charge is -2.46. The number of halogens is 1. The summed E-state index contributed by atoms with van der Waals surface area (Å²) in [5, 5.41) is 15.9. The van der Waals surface area contributed by atoms with Gasteiger partial charge in [0.15, 0.2) is 0 Å². The van der Waals surface area contributed by atoms with E-state index in [1.165, 1.54) is 11.1 Å². The van der Waals surface area contributed by atoms with Crippen molar-refractivity contribution in [2.24, 2.45) is 5.92 Å². The Morgan fingerprint density at radius 1 is 1.00 bits per heavy atom. The molecule has 2 amide bonds. The van der Waals surface area contributed by atoms with E-state index in [0.717, 1.165) is 64.1 Å². The monoisotopic (exact) mass is 594 g/mol. The van der Waals surface area contributed by atoms with E-state index in [4.69, 9.17) is 11.6 Å². The molecule has 3 N–H and O–H groups in total. The molecule has 3 aliphatic heterocycles. The molecule has 9 heteroatoms. The van der Waals surface area contributed by atoms with Crippen molar-refractivity contribution in [3.63, 3.8) is 0 Å². The van der Waals surface area contributed by atoms with Crippen LogP contribution in [0.4, 0.5) is 0 Å². The highest BCUT2D eigenvalue weighted by atomic mass is 35.5. The minimum Gasteiger partial charge on any atom is -0.344 e. The van der Waals surface area contributed by atoms with Crippen LogP contribution in [0.15, 0.2) is 48.5 Å². The molecule has 2 unspecified atom stereocenters. The Kier molecular flexibility index (Phi) is 10.9. The van der Waals surface area contributed by atoms with Crippen molar-refractivity contribution in [2.75, 3.05) is 52.4 Å². The molecule has 42 heavy (non-hydrogen) atoms. The highest BCUT2D eigenvalue weighted by Crippen LogP contribution is 2.26. The number of amides is 2. The fourth-order valence-electron chi connectivity index (χ4n) is 6.65. The lowest BCUT2D eigenvalue weighted by atomic mass is 9.92. The Balaban J connectivity index is 1.24. The molecule has 8 nitrogen and oxygen atoms in total. The van der Waals surface area contributed by atoms with Crippen molar-refractivity contribution in [3.8, 4) is 0 Å². The molecule has 5 rings (SSSR count). The molecule has 0 saturated carbocycles. The number of nitrogens with zero attached hydrogens (tertiary/aromatic N) is 3. The van der Waals surface area contributed by atoms with Gasteiger partial charge in [-0.05, 0) is 60.5 Å². The second-order valence-corrected chi connectivity index (χ2v) is 12.8. The Morgan fingerprint density at radius 2 is 1.71 bits per heavy atom. The summed E-state index contributed by atoms with van der Waals surface area (Å²) < 4.78 is 0. The van der Waals surface area contributed by atoms with E-state index in [0.29, 0.717) is 42.9 Å². The molecule has 2 aromatic carbocycles. The van der Waals surface area contributed by atoms with Crippen molar-refractivity contribution < 1.29 is 9.59 Å². The summed E-state index contributed by atoms with van der Waals surface area (Å²) >= 11 is 6.13. The van der Waals surface area contributed by atoms with Gasteiger partial charge in [0.25, 0.3) is 0 Å². The number of hydrazine groups is 1. The standard InChI is InChI=1S/C33H47ClN6O2/c1-24(2)23-40(39-19-15-35-16-20-39)28-12-17-38(18-13-28)33(42)31(21-25-7-9-27(34)10-8-25)37-32(41)22-30-29-6-4-3-5-26(29)11-14-36-30/h3-10,24,28,30-31,35-36H,11-23H2,1-2H3,(H,37,41). The first kappa shape index (κ1) is 31.0. The summed E-state index contributed by atoms with van der Waals surface area (Å²) in [4.78, 5) is 29.4. The van der Waals surface area contributed by atoms with Crippen LogP contribution in [0.1, 0.15) is 55.8 Å². The normalized spacial score (nSPS) is 20.9. The molecule has 2 saturated heterocycles. The molecule has 3 aliphatic rings. The number of piperidine rings is 1. The van der Waals surface area contributed by atoms with Crippen LogP contribution in [0.5, 0.6) is 0 Å². The SMILES string of the molecule is CC(C)CN(C1CCN(C(=O)C(Cc2ccc(Cl)cc2)NC(=O)CC2NCCc3ccccc32)CC1)N1CCNCC1. The van der Waals surface area contributed by atoms with Crippen LogP contribution in [-0.2, 0) is 22.4 Å². The van der Waals surface area contributed by atoms with Gasteiger partial charge in [0, 0.05) is 75.8 Å². The van der Waals surface area contributed by atoms with Crippen LogP contribution < -0.4 is 16.0 Å². The summed E-state index contributed by atoms with van der Waals surface area (Å²) in [6.45, 7) is 11.9. The summed E-state index contributed by atoms with van der Waals surface area (Å²) in [5.41, 5.74) is 3.45. The number of carbonyl (C=O) groups excluding carboxylic acids is 2. The quantitative estimate of drug-likeness (QED) is 0.391. The molecule has 0 aliphatic carbocycles. The van der Waals surface area contributed by atoms with Crippen molar-refractivity contribution >= 4 is 23.4 Å². The molecule has 2 aromatic rings. The minimum absolute atomic E-state index is 0.00587. The maximum absolute atomic E-state index is 14.0. The Labute approximate surface area is 256 Å². The second-order valence-electron chi connectivity index (χ2n) is 12.4. The van der Waals surface area contributed by atoms with E-state index in [1.807, 2.05) is 35.2 Å². The predicted molar refractivity (Wildman–Crippen MR) is 168 cm³/mol. The average molecular weight is 595 g/mol. The maximum Gasteiger partial charge on any atom is 0.245 e. The third-order valence-electron chi connectivity index (χ3n) is 8.80. The summed E-state index contributed by atoms with van der Waals surface area (Å²) in [6, 6.07) is 15.6. The zero-order valence-electron chi connectivity index (χ0n) is 25.2. The van der Waals surface area contributed by atoms with Crippen LogP contribution in [0.25, 0.3) is 0 Å². The molecule has 2 atom stereocenters. The van der Waals surface area contributed by atoms with Gasteiger partial charge >= 0.3 is 0 Å². The third-order valence-corrected chi connectivity index (χ3v) is 9.05. The molecule has 0 radical (unpaired) electrons. The number of carbonyl (C=O) groups is 2. The topological polar surface area (TPSA) is 79.9 Å². The number of rotatable bonds is 10. The smallest absolute Gasteiger partial charge is 0.245 e. The van der Waals surface area contributed by atoms with Crippen molar-refractivity contribution in [2.45, 2.75) is 64.1 Å².